The summed E-state index contributed by atoms with van der Waals surface area (Å²) in [5.74, 6) is 0.0111. The fraction of sp³-hybridized carbons (Fsp3) is 0.0714. The number of nitrogen functional groups attached to an aromatic ring is 1. The SMILES string of the molecule is Nc1ccccc1SC1Sc2ccccc2NC1=O. The van der Waals surface area contributed by atoms with Crippen molar-refractivity contribution in [1.29, 1.82) is 0 Å². The number of anilines is 2. The molecule has 0 saturated heterocycles. The topological polar surface area (TPSA) is 55.1 Å². The summed E-state index contributed by atoms with van der Waals surface area (Å²) in [6.07, 6.45) is 0. The lowest BCUT2D eigenvalue weighted by molar-refractivity contribution is -0.114. The highest BCUT2D eigenvalue weighted by atomic mass is 32.2. The highest BCUT2D eigenvalue weighted by molar-refractivity contribution is 8.18. The molecule has 1 amide bonds. The summed E-state index contributed by atoms with van der Waals surface area (Å²) in [6, 6.07) is 15.4. The third-order valence-corrected chi connectivity index (χ3v) is 5.42. The number of para-hydroxylation sites is 2. The van der Waals surface area contributed by atoms with Gasteiger partial charge in [0.1, 0.15) is 4.58 Å². The molecule has 19 heavy (non-hydrogen) atoms. The smallest absolute Gasteiger partial charge is 0.248 e. The molecule has 96 valence electrons. The van der Waals surface area contributed by atoms with Gasteiger partial charge in [0.15, 0.2) is 0 Å². The van der Waals surface area contributed by atoms with E-state index in [1.807, 2.05) is 48.5 Å². The van der Waals surface area contributed by atoms with Gasteiger partial charge in [-0.2, -0.15) is 0 Å². The van der Waals surface area contributed by atoms with Crippen LogP contribution in [-0.4, -0.2) is 10.5 Å². The Labute approximate surface area is 120 Å². The van der Waals surface area contributed by atoms with Crippen LogP contribution in [0.5, 0.6) is 0 Å². The Morgan fingerprint density at radius 2 is 1.84 bits per heavy atom. The molecule has 0 spiro atoms. The van der Waals surface area contributed by atoms with Crippen LogP contribution in [0.1, 0.15) is 0 Å². The van der Waals surface area contributed by atoms with Crippen molar-refractivity contribution in [3.05, 3.63) is 48.5 Å². The summed E-state index contributed by atoms with van der Waals surface area (Å²) < 4.78 is -0.209. The number of carbonyl (C=O) groups is 1. The predicted molar refractivity (Wildman–Crippen MR) is 81.4 cm³/mol. The highest BCUT2D eigenvalue weighted by Gasteiger charge is 2.27. The molecule has 1 unspecified atom stereocenters. The molecule has 5 heteroatoms. The van der Waals surface area contributed by atoms with Crippen LogP contribution in [0.2, 0.25) is 0 Å². The van der Waals surface area contributed by atoms with Crippen molar-refractivity contribution in [2.24, 2.45) is 0 Å². The van der Waals surface area contributed by atoms with E-state index in [9.17, 15) is 4.79 Å². The van der Waals surface area contributed by atoms with Crippen LogP contribution in [0.15, 0.2) is 58.3 Å². The molecule has 3 N–H and O–H groups in total. The van der Waals surface area contributed by atoms with Gasteiger partial charge in [0, 0.05) is 15.5 Å². The number of fused-ring (bicyclic) bond motifs is 1. The van der Waals surface area contributed by atoms with Crippen molar-refractivity contribution < 1.29 is 4.79 Å². The molecule has 0 aromatic heterocycles. The van der Waals surface area contributed by atoms with Crippen LogP contribution in [0.3, 0.4) is 0 Å². The monoisotopic (exact) mass is 288 g/mol. The second kappa shape index (κ2) is 5.19. The molecule has 0 aliphatic carbocycles. The minimum atomic E-state index is -0.209. The number of hydrogen-bond acceptors (Lipinski definition) is 4. The third kappa shape index (κ3) is 2.57. The van der Waals surface area contributed by atoms with E-state index < -0.39 is 0 Å². The molecule has 0 bridgehead atoms. The van der Waals surface area contributed by atoms with Gasteiger partial charge in [-0.15, -0.1) is 0 Å². The number of nitrogens with two attached hydrogens (primary N) is 1. The zero-order valence-corrected chi connectivity index (χ0v) is 11.6. The molecule has 2 aromatic rings. The van der Waals surface area contributed by atoms with Gasteiger partial charge >= 0.3 is 0 Å². The Morgan fingerprint density at radius 3 is 2.68 bits per heavy atom. The van der Waals surface area contributed by atoms with Crippen molar-refractivity contribution in [2.45, 2.75) is 14.4 Å². The van der Waals surface area contributed by atoms with E-state index in [0.29, 0.717) is 5.69 Å². The average Bonchev–Trinajstić information content (AvgIpc) is 2.42. The van der Waals surface area contributed by atoms with E-state index in [4.69, 9.17) is 5.73 Å². The second-order valence-corrected chi connectivity index (χ2v) is 6.68. The molecule has 1 heterocycles. The van der Waals surface area contributed by atoms with Gasteiger partial charge in [-0.05, 0) is 24.3 Å². The molecule has 0 radical (unpaired) electrons. The largest absolute Gasteiger partial charge is 0.398 e. The molecule has 1 atom stereocenters. The second-order valence-electron chi connectivity index (χ2n) is 4.09. The Morgan fingerprint density at radius 1 is 1.11 bits per heavy atom. The van der Waals surface area contributed by atoms with Crippen molar-refractivity contribution in [3.8, 4) is 0 Å². The zero-order valence-electron chi connectivity index (χ0n) is 10.00. The molecule has 0 fully saturated rings. The van der Waals surface area contributed by atoms with Crippen LogP contribution in [0.4, 0.5) is 11.4 Å². The van der Waals surface area contributed by atoms with Gasteiger partial charge in [0.2, 0.25) is 5.91 Å². The van der Waals surface area contributed by atoms with Gasteiger partial charge in [0.25, 0.3) is 0 Å². The zero-order chi connectivity index (χ0) is 13.2. The average molecular weight is 288 g/mol. The van der Waals surface area contributed by atoms with E-state index >= 15 is 0 Å². The minimum Gasteiger partial charge on any atom is -0.398 e. The summed E-state index contributed by atoms with van der Waals surface area (Å²) in [5, 5.41) is 2.93. The lowest BCUT2D eigenvalue weighted by Gasteiger charge is -2.23. The van der Waals surface area contributed by atoms with Crippen molar-refractivity contribution in [2.75, 3.05) is 11.1 Å². The van der Waals surface area contributed by atoms with Crippen molar-refractivity contribution in [3.63, 3.8) is 0 Å². The Bertz CT molecular complexity index is 630. The molecular weight excluding hydrogens is 276 g/mol. The molecule has 1 aliphatic rings. The fourth-order valence-electron chi connectivity index (χ4n) is 1.81. The number of thioether (sulfide) groups is 2. The number of hydrogen-bond donors (Lipinski definition) is 2. The van der Waals surface area contributed by atoms with Gasteiger partial charge < -0.3 is 11.1 Å². The Hall–Kier alpha value is -1.59. The van der Waals surface area contributed by atoms with Crippen LogP contribution in [-0.2, 0) is 4.79 Å². The normalized spacial score (nSPS) is 17.7. The van der Waals surface area contributed by atoms with Gasteiger partial charge in [-0.3, -0.25) is 4.79 Å². The number of amides is 1. The van der Waals surface area contributed by atoms with E-state index in [2.05, 4.69) is 5.32 Å². The first-order chi connectivity index (χ1) is 9.24. The molecule has 3 nitrogen and oxygen atoms in total. The van der Waals surface area contributed by atoms with Crippen molar-refractivity contribution in [1.82, 2.24) is 0 Å². The van der Waals surface area contributed by atoms with E-state index in [1.54, 1.807) is 11.8 Å². The number of benzene rings is 2. The van der Waals surface area contributed by atoms with Crippen molar-refractivity contribution >= 4 is 40.8 Å². The summed E-state index contributed by atoms with van der Waals surface area (Å²) >= 11 is 3.05. The standard InChI is InChI=1S/C14H12N2OS2/c15-9-5-1-3-7-11(9)18-14-13(17)16-10-6-2-4-8-12(10)19-14/h1-8,14H,15H2,(H,16,17). The maximum Gasteiger partial charge on any atom is 0.248 e. The molecule has 1 aliphatic heterocycles. The Kier molecular flexibility index (Phi) is 3.40. The summed E-state index contributed by atoms with van der Waals surface area (Å²) in [5.41, 5.74) is 7.51. The molecule has 3 rings (SSSR count). The maximum atomic E-state index is 12.1. The van der Waals surface area contributed by atoms with Crippen LogP contribution in [0, 0.1) is 0 Å². The first-order valence-corrected chi connectivity index (χ1v) is 7.58. The van der Waals surface area contributed by atoms with Crippen LogP contribution < -0.4 is 11.1 Å². The predicted octanol–water partition coefficient (Wildman–Crippen LogP) is 3.43. The van der Waals surface area contributed by atoms with Crippen LogP contribution in [0.25, 0.3) is 0 Å². The summed E-state index contributed by atoms with van der Waals surface area (Å²) in [7, 11) is 0. The summed E-state index contributed by atoms with van der Waals surface area (Å²) in [6.45, 7) is 0. The van der Waals surface area contributed by atoms with E-state index in [1.165, 1.54) is 11.8 Å². The maximum absolute atomic E-state index is 12.1. The first kappa shape index (κ1) is 12.4. The molecule has 0 saturated carbocycles. The van der Waals surface area contributed by atoms with E-state index in [-0.39, 0.29) is 10.5 Å². The fourth-order valence-corrected chi connectivity index (χ4v) is 4.19. The Balaban J connectivity index is 1.84. The third-order valence-electron chi connectivity index (χ3n) is 2.75. The quantitative estimate of drug-likeness (QED) is 0.831. The number of carbonyl (C=O) groups excluding carboxylic acids is 1. The highest BCUT2D eigenvalue weighted by Crippen LogP contribution is 2.43. The lowest BCUT2D eigenvalue weighted by Crippen LogP contribution is -2.26. The van der Waals surface area contributed by atoms with E-state index in [0.717, 1.165) is 15.5 Å². The number of rotatable bonds is 2. The molecular formula is C14H12N2OS2. The van der Waals surface area contributed by atoms with Crippen LogP contribution >= 0.6 is 23.5 Å². The minimum absolute atomic E-state index is 0.0111. The lowest BCUT2D eigenvalue weighted by atomic mass is 10.3. The van der Waals surface area contributed by atoms with Gasteiger partial charge in [-0.1, -0.05) is 47.8 Å². The number of nitrogens with one attached hydrogen (secondary N) is 1. The molecule has 2 aromatic carbocycles. The van der Waals surface area contributed by atoms with Gasteiger partial charge in [0.05, 0.1) is 5.69 Å². The first-order valence-electron chi connectivity index (χ1n) is 5.82. The summed E-state index contributed by atoms with van der Waals surface area (Å²) in [4.78, 5) is 14.1. The van der Waals surface area contributed by atoms with Gasteiger partial charge in [-0.25, -0.2) is 0 Å².